The molecule has 0 saturated heterocycles. The number of benzene rings is 2. The van der Waals surface area contributed by atoms with Crippen LogP contribution in [0.2, 0.25) is 5.02 Å². The maximum Gasteiger partial charge on any atom is 0.123 e. The van der Waals surface area contributed by atoms with Gasteiger partial charge in [0, 0.05) is 11.6 Å². The largest absolute Gasteiger partial charge is 0.312 e. The Morgan fingerprint density at radius 2 is 1.80 bits per heavy atom. The van der Waals surface area contributed by atoms with Gasteiger partial charge in [0.1, 0.15) is 5.82 Å². The monoisotopic (exact) mass is 291 g/mol. The molecule has 0 heterocycles. The van der Waals surface area contributed by atoms with Gasteiger partial charge < -0.3 is 5.32 Å². The van der Waals surface area contributed by atoms with Crippen molar-refractivity contribution in [3.8, 4) is 0 Å². The fourth-order valence-electron chi connectivity index (χ4n) is 2.18. The molecule has 0 radical (unpaired) electrons. The van der Waals surface area contributed by atoms with Gasteiger partial charge in [-0.05, 0) is 67.3 Å². The lowest BCUT2D eigenvalue weighted by atomic mass is 10.1. The summed E-state index contributed by atoms with van der Waals surface area (Å²) in [6, 6.07) is 11.0. The van der Waals surface area contributed by atoms with Crippen LogP contribution >= 0.6 is 11.6 Å². The molecule has 0 aliphatic heterocycles. The lowest BCUT2D eigenvalue weighted by Gasteiger charge is -2.09. The van der Waals surface area contributed by atoms with Crippen molar-refractivity contribution < 1.29 is 4.39 Å². The summed E-state index contributed by atoms with van der Waals surface area (Å²) in [7, 11) is 0. The summed E-state index contributed by atoms with van der Waals surface area (Å²) in [6.45, 7) is 5.56. The highest BCUT2D eigenvalue weighted by molar-refractivity contribution is 6.31. The topological polar surface area (TPSA) is 12.0 Å². The number of hydrogen-bond donors (Lipinski definition) is 1. The van der Waals surface area contributed by atoms with Gasteiger partial charge >= 0.3 is 0 Å². The Balaban J connectivity index is 1.84. The molecule has 2 aromatic carbocycles. The zero-order valence-electron chi connectivity index (χ0n) is 11.8. The molecule has 0 fully saturated rings. The molecule has 0 aliphatic carbocycles. The molecule has 1 N–H and O–H groups in total. The smallest absolute Gasteiger partial charge is 0.123 e. The fourth-order valence-corrected chi connectivity index (χ4v) is 2.48. The van der Waals surface area contributed by atoms with Crippen molar-refractivity contribution in [1.82, 2.24) is 5.32 Å². The molecule has 2 aromatic rings. The van der Waals surface area contributed by atoms with Crippen molar-refractivity contribution in [2.45, 2.75) is 26.8 Å². The van der Waals surface area contributed by atoms with Crippen LogP contribution in [0.15, 0.2) is 36.4 Å². The normalized spacial score (nSPS) is 10.8. The zero-order chi connectivity index (χ0) is 14.5. The van der Waals surface area contributed by atoms with Crippen molar-refractivity contribution >= 4 is 11.6 Å². The van der Waals surface area contributed by atoms with Gasteiger partial charge in [0.05, 0.1) is 0 Å². The Kier molecular flexibility index (Phi) is 5.16. The molecule has 1 nitrogen and oxygen atoms in total. The Morgan fingerprint density at radius 3 is 2.50 bits per heavy atom. The summed E-state index contributed by atoms with van der Waals surface area (Å²) >= 11 is 6.19. The summed E-state index contributed by atoms with van der Waals surface area (Å²) in [6.07, 6.45) is 0.885. The highest BCUT2D eigenvalue weighted by Gasteiger charge is 2.02. The molecular weight excluding hydrogens is 273 g/mol. The van der Waals surface area contributed by atoms with E-state index in [2.05, 4.69) is 11.4 Å². The van der Waals surface area contributed by atoms with Crippen LogP contribution in [0.4, 0.5) is 4.39 Å². The predicted octanol–water partition coefficient (Wildman–Crippen LogP) is 4.43. The van der Waals surface area contributed by atoms with E-state index >= 15 is 0 Å². The average Bonchev–Trinajstić information content (AvgIpc) is 2.39. The molecule has 0 saturated carbocycles. The number of aryl methyl sites for hydroxylation is 2. The zero-order valence-corrected chi connectivity index (χ0v) is 12.6. The Hall–Kier alpha value is -1.38. The molecule has 3 heteroatoms. The minimum atomic E-state index is -0.175. The summed E-state index contributed by atoms with van der Waals surface area (Å²) in [5, 5.41) is 4.18. The Bertz CT molecular complexity index is 542. The molecule has 0 atom stereocenters. The molecule has 0 spiro atoms. The molecule has 2 rings (SSSR count). The summed E-state index contributed by atoms with van der Waals surface area (Å²) < 4.78 is 13.0. The lowest BCUT2D eigenvalue weighted by Crippen LogP contribution is -2.17. The quantitative estimate of drug-likeness (QED) is 0.804. The molecular formula is C17H19ClFN. The van der Waals surface area contributed by atoms with Crippen molar-refractivity contribution in [3.05, 3.63) is 69.5 Å². The van der Waals surface area contributed by atoms with Gasteiger partial charge in [-0.3, -0.25) is 0 Å². The first-order valence-electron chi connectivity index (χ1n) is 6.77. The second kappa shape index (κ2) is 6.87. The number of rotatable bonds is 5. The van der Waals surface area contributed by atoms with Gasteiger partial charge in [-0.15, -0.1) is 0 Å². The third-order valence-corrected chi connectivity index (χ3v) is 3.75. The van der Waals surface area contributed by atoms with Crippen LogP contribution in [0.25, 0.3) is 0 Å². The second-order valence-electron chi connectivity index (χ2n) is 5.09. The van der Waals surface area contributed by atoms with Gasteiger partial charge in [-0.1, -0.05) is 29.8 Å². The van der Waals surface area contributed by atoms with E-state index in [1.165, 1.54) is 17.2 Å². The van der Waals surface area contributed by atoms with Crippen molar-refractivity contribution in [3.63, 3.8) is 0 Å². The summed E-state index contributed by atoms with van der Waals surface area (Å²) in [5.74, 6) is -0.175. The van der Waals surface area contributed by atoms with Crippen LogP contribution in [-0.2, 0) is 13.0 Å². The highest BCUT2D eigenvalue weighted by atomic mass is 35.5. The van der Waals surface area contributed by atoms with E-state index in [9.17, 15) is 4.39 Å². The van der Waals surface area contributed by atoms with E-state index in [0.717, 1.165) is 35.7 Å². The first-order valence-corrected chi connectivity index (χ1v) is 7.15. The fraction of sp³-hybridized carbons (Fsp3) is 0.294. The number of hydrogen-bond acceptors (Lipinski definition) is 1. The van der Waals surface area contributed by atoms with Crippen LogP contribution in [0.1, 0.15) is 22.3 Å². The second-order valence-corrected chi connectivity index (χ2v) is 5.50. The SMILES string of the molecule is Cc1ccc(CNCCc2ccc(F)cc2C)c(Cl)c1. The molecule has 0 bridgehead atoms. The van der Waals surface area contributed by atoms with Crippen molar-refractivity contribution in [2.24, 2.45) is 0 Å². The predicted molar refractivity (Wildman–Crippen MR) is 82.7 cm³/mol. The first-order chi connectivity index (χ1) is 9.56. The molecule has 20 heavy (non-hydrogen) atoms. The van der Waals surface area contributed by atoms with Gasteiger partial charge in [-0.2, -0.15) is 0 Å². The number of halogens is 2. The van der Waals surface area contributed by atoms with Gasteiger partial charge in [0.15, 0.2) is 0 Å². The molecule has 0 unspecified atom stereocenters. The molecule has 106 valence electrons. The first kappa shape index (κ1) is 15.0. The van der Waals surface area contributed by atoms with Crippen molar-refractivity contribution in [1.29, 1.82) is 0 Å². The molecule has 0 aliphatic rings. The standard InChI is InChI=1S/C17H19ClFN/c1-12-3-4-15(17(18)9-12)11-20-8-7-14-5-6-16(19)10-13(14)2/h3-6,9-10,20H,7-8,11H2,1-2H3. The van der Waals surface area contributed by atoms with Gasteiger partial charge in [0.25, 0.3) is 0 Å². The third-order valence-electron chi connectivity index (χ3n) is 3.40. The van der Waals surface area contributed by atoms with E-state index < -0.39 is 0 Å². The summed E-state index contributed by atoms with van der Waals surface area (Å²) in [5.41, 5.74) is 4.45. The van der Waals surface area contributed by atoms with Crippen LogP contribution in [-0.4, -0.2) is 6.54 Å². The van der Waals surface area contributed by atoms with E-state index in [1.807, 2.05) is 32.0 Å². The average molecular weight is 292 g/mol. The van der Waals surface area contributed by atoms with Crippen LogP contribution in [0, 0.1) is 19.7 Å². The van der Waals surface area contributed by atoms with E-state index in [-0.39, 0.29) is 5.82 Å². The maximum absolute atomic E-state index is 13.0. The molecule has 0 aromatic heterocycles. The Morgan fingerprint density at radius 1 is 1.05 bits per heavy atom. The van der Waals surface area contributed by atoms with Crippen molar-refractivity contribution in [2.75, 3.05) is 6.54 Å². The summed E-state index contributed by atoms with van der Waals surface area (Å²) in [4.78, 5) is 0. The molecule has 0 amide bonds. The third kappa shape index (κ3) is 4.06. The van der Waals surface area contributed by atoms with E-state index in [1.54, 1.807) is 6.07 Å². The highest BCUT2D eigenvalue weighted by Crippen LogP contribution is 2.17. The number of nitrogens with one attached hydrogen (secondary N) is 1. The minimum absolute atomic E-state index is 0.175. The van der Waals surface area contributed by atoms with Crippen LogP contribution < -0.4 is 5.32 Å². The van der Waals surface area contributed by atoms with E-state index in [0.29, 0.717) is 0 Å². The minimum Gasteiger partial charge on any atom is -0.312 e. The van der Waals surface area contributed by atoms with Crippen LogP contribution in [0.3, 0.4) is 0 Å². The van der Waals surface area contributed by atoms with Gasteiger partial charge in [0.2, 0.25) is 0 Å². The Labute approximate surface area is 124 Å². The van der Waals surface area contributed by atoms with E-state index in [4.69, 9.17) is 11.6 Å². The lowest BCUT2D eigenvalue weighted by molar-refractivity contribution is 0.624. The maximum atomic E-state index is 13.0. The van der Waals surface area contributed by atoms with Crippen LogP contribution in [0.5, 0.6) is 0 Å². The van der Waals surface area contributed by atoms with Gasteiger partial charge in [-0.25, -0.2) is 4.39 Å².